The van der Waals surface area contributed by atoms with Crippen LogP contribution >= 0.6 is 0 Å². The molecule has 0 amide bonds. The molecule has 1 aromatic heterocycles. The summed E-state index contributed by atoms with van der Waals surface area (Å²) in [6, 6.07) is 16.3. The maximum Gasteiger partial charge on any atom is 0.135 e. The van der Waals surface area contributed by atoms with Gasteiger partial charge in [0.15, 0.2) is 0 Å². The van der Waals surface area contributed by atoms with Gasteiger partial charge in [0.25, 0.3) is 0 Å². The van der Waals surface area contributed by atoms with Crippen molar-refractivity contribution < 1.29 is 8.78 Å². The topological polar surface area (TPSA) is 38.9 Å². The molecule has 2 N–H and O–H groups in total. The Balaban J connectivity index is 2.03. The molecule has 2 aromatic carbocycles. The number of nitrogens with two attached hydrogens (primary N) is 1. The lowest BCUT2D eigenvalue weighted by Gasteiger charge is -2.06. The summed E-state index contributed by atoms with van der Waals surface area (Å²) in [5, 5.41) is 1.79. The Morgan fingerprint density at radius 1 is 0.960 bits per heavy atom. The zero-order valence-electron chi connectivity index (χ0n) is 13.4. The second-order valence-corrected chi connectivity index (χ2v) is 5.50. The molecule has 124 valence electrons. The van der Waals surface area contributed by atoms with Crippen molar-refractivity contribution in [2.75, 3.05) is 0 Å². The number of pyridine rings is 1. The molecule has 0 aliphatic carbocycles. The number of rotatable bonds is 3. The Kier molecular flexibility index (Phi) is 4.70. The number of aromatic nitrogens is 1. The van der Waals surface area contributed by atoms with Crippen molar-refractivity contribution in [1.82, 2.24) is 4.98 Å². The van der Waals surface area contributed by atoms with Gasteiger partial charge in [-0.3, -0.25) is 0 Å². The second kappa shape index (κ2) is 7.09. The van der Waals surface area contributed by atoms with E-state index < -0.39 is 11.6 Å². The van der Waals surface area contributed by atoms with E-state index in [2.05, 4.69) is 11.6 Å². The van der Waals surface area contributed by atoms with Gasteiger partial charge in [-0.25, -0.2) is 13.8 Å². The molecule has 1 heterocycles. The van der Waals surface area contributed by atoms with Crippen molar-refractivity contribution in [3.8, 4) is 11.3 Å². The SMILES string of the molecule is C=C(/C=c1/cccc/c1=C/N)c1cccc(-c2ccc(F)cc2F)n1. The highest BCUT2D eigenvalue weighted by atomic mass is 19.1. The molecular formula is C21H16F2N2. The summed E-state index contributed by atoms with van der Waals surface area (Å²) in [4.78, 5) is 4.45. The Labute approximate surface area is 144 Å². The van der Waals surface area contributed by atoms with Crippen LogP contribution in [0.25, 0.3) is 29.1 Å². The molecular weight excluding hydrogens is 318 g/mol. The molecule has 0 bridgehead atoms. The van der Waals surface area contributed by atoms with Gasteiger partial charge in [0.05, 0.1) is 11.4 Å². The minimum atomic E-state index is -0.651. The molecule has 25 heavy (non-hydrogen) atoms. The van der Waals surface area contributed by atoms with Crippen molar-refractivity contribution in [3.63, 3.8) is 0 Å². The summed E-state index contributed by atoms with van der Waals surface area (Å²) in [7, 11) is 0. The molecule has 0 spiro atoms. The van der Waals surface area contributed by atoms with E-state index in [-0.39, 0.29) is 5.56 Å². The van der Waals surface area contributed by atoms with Crippen LogP contribution in [0.4, 0.5) is 8.78 Å². The van der Waals surface area contributed by atoms with Crippen molar-refractivity contribution in [1.29, 1.82) is 0 Å². The highest BCUT2D eigenvalue weighted by Gasteiger charge is 2.09. The second-order valence-electron chi connectivity index (χ2n) is 5.50. The third-order valence-corrected chi connectivity index (χ3v) is 3.79. The van der Waals surface area contributed by atoms with Crippen molar-refractivity contribution in [3.05, 3.63) is 95.0 Å². The average molecular weight is 334 g/mol. The van der Waals surface area contributed by atoms with Crippen LogP contribution in [0.5, 0.6) is 0 Å². The molecule has 2 nitrogen and oxygen atoms in total. The standard InChI is InChI=1S/C21H16F2N2/c1-14(11-15-5-2-3-6-16(15)13-24)20-7-4-8-21(25-20)18-10-9-17(22)12-19(18)23/h2-13H,1,24H2/b15-11-,16-13-. The third-order valence-electron chi connectivity index (χ3n) is 3.79. The molecule has 3 rings (SSSR count). The van der Waals surface area contributed by atoms with E-state index in [0.717, 1.165) is 16.5 Å². The summed E-state index contributed by atoms with van der Waals surface area (Å²) in [6.45, 7) is 4.04. The van der Waals surface area contributed by atoms with Gasteiger partial charge in [-0.05, 0) is 46.4 Å². The number of halogens is 2. The van der Waals surface area contributed by atoms with Gasteiger partial charge in [0.2, 0.25) is 0 Å². The molecule has 0 aliphatic rings. The highest BCUT2D eigenvalue weighted by molar-refractivity contribution is 5.85. The van der Waals surface area contributed by atoms with Crippen LogP contribution in [-0.4, -0.2) is 4.98 Å². The molecule has 0 atom stereocenters. The van der Waals surface area contributed by atoms with Crippen LogP contribution < -0.4 is 16.2 Å². The third kappa shape index (κ3) is 3.63. The van der Waals surface area contributed by atoms with Gasteiger partial charge in [0.1, 0.15) is 11.6 Å². The lowest BCUT2D eigenvalue weighted by atomic mass is 10.1. The highest BCUT2D eigenvalue weighted by Crippen LogP contribution is 2.23. The number of benzene rings is 2. The van der Waals surface area contributed by atoms with Crippen LogP contribution in [0.15, 0.2) is 67.2 Å². The quantitative estimate of drug-likeness (QED) is 0.799. The Bertz CT molecular complexity index is 1060. The average Bonchev–Trinajstić information content (AvgIpc) is 2.62. The number of nitrogens with zero attached hydrogens (tertiary/aromatic N) is 1. The Hall–Kier alpha value is -3.27. The van der Waals surface area contributed by atoms with E-state index in [1.807, 2.05) is 30.3 Å². The predicted molar refractivity (Wildman–Crippen MR) is 97.4 cm³/mol. The zero-order valence-corrected chi connectivity index (χ0v) is 13.4. The van der Waals surface area contributed by atoms with E-state index in [1.54, 1.807) is 18.2 Å². The van der Waals surface area contributed by atoms with Crippen LogP contribution in [0.2, 0.25) is 0 Å². The smallest absolute Gasteiger partial charge is 0.135 e. The van der Waals surface area contributed by atoms with Gasteiger partial charge in [-0.1, -0.05) is 36.9 Å². The van der Waals surface area contributed by atoms with E-state index >= 15 is 0 Å². The van der Waals surface area contributed by atoms with Gasteiger partial charge >= 0.3 is 0 Å². The normalized spacial score (nSPS) is 12.4. The molecule has 0 unspecified atom stereocenters. The fourth-order valence-corrected chi connectivity index (χ4v) is 2.52. The summed E-state index contributed by atoms with van der Waals surface area (Å²) in [5.41, 5.74) is 7.56. The van der Waals surface area contributed by atoms with Gasteiger partial charge in [-0.15, -0.1) is 0 Å². The number of hydrogen-bond donors (Lipinski definition) is 1. The van der Waals surface area contributed by atoms with E-state index in [9.17, 15) is 8.78 Å². The minimum absolute atomic E-state index is 0.242. The maximum absolute atomic E-state index is 14.0. The van der Waals surface area contributed by atoms with E-state index in [0.29, 0.717) is 17.0 Å². The first-order valence-corrected chi connectivity index (χ1v) is 7.69. The summed E-state index contributed by atoms with van der Waals surface area (Å²) in [5.74, 6) is -1.27. The molecule has 0 saturated carbocycles. The Morgan fingerprint density at radius 3 is 2.44 bits per heavy atom. The summed E-state index contributed by atoms with van der Waals surface area (Å²) >= 11 is 0. The monoisotopic (exact) mass is 334 g/mol. The fourth-order valence-electron chi connectivity index (χ4n) is 2.52. The molecule has 0 saturated heterocycles. The fraction of sp³-hybridized carbons (Fsp3) is 0. The van der Waals surface area contributed by atoms with Crippen molar-refractivity contribution in [2.24, 2.45) is 5.73 Å². The first-order chi connectivity index (χ1) is 12.1. The molecule has 0 radical (unpaired) electrons. The predicted octanol–water partition coefficient (Wildman–Crippen LogP) is 3.22. The number of allylic oxidation sites excluding steroid dienone is 1. The lowest BCUT2D eigenvalue weighted by molar-refractivity contribution is 0.585. The van der Waals surface area contributed by atoms with Crippen molar-refractivity contribution in [2.45, 2.75) is 0 Å². The summed E-state index contributed by atoms with van der Waals surface area (Å²) < 4.78 is 27.1. The van der Waals surface area contributed by atoms with Gasteiger partial charge in [0, 0.05) is 17.8 Å². The maximum atomic E-state index is 14.0. The van der Waals surface area contributed by atoms with Crippen LogP contribution in [0.3, 0.4) is 0 Å². The van der Waals surface area contributed by atoms with Gasteiger partial charge < -0.3 is 5.73 Å². The molecule has 0 aliphatic heterocycles. The minimum Gasteiger partial charge on any atom is -0.404 e. The molecule has 3 aromatic rings. The first kappa shape index (κ1) is 16.6. The molecule has 4 heteroatoms. The molecule has 0 fully saturated rings. The summed E-state index contributed by atoms with van der Waals surface area (Å²) in [6.07, 6.45) is 3.39. The van der Waals surface area contributed by atoms with E-state index in [1.165, 1.54) is 18.3 Å². The van der Waals surface area contributed by atoms with Crippen LogP contribution in [0, 0.1) is 11.6 Å². The van der Waals surface area contributed by atoms with Crippen LogP contribution in [0.1, 0.15) is 5.69 Å². The van der Waals surface area contributed by atoms with E-state index in [4.69, 9.17) is 5.73 Å². The van der Waals surface area contributed by atoms with Crippen molar-refractivity contribution >= 4 is 17.8 Å². The largest absolute Gasteiger partial charge is 0.404 e. The number of hydrogen-bond acceptors (Lipinski definition) is 2. The zero-order chi connectivity index (χ0) is 17.8. The van der Waals surface area contributed by atoms with Gasteiger partial charge in [-0.2, -0.15) is 0 Å². The lowest BCUT2D eigenvalue weighted by Crippen LogP contribution is -2.25. The first-order valence-electron chi connectivity index (χ1n) is 7.69. The van der Waals surface area contributed by atoms with Crippen LogP contribution in [-0.2, 0) is 0 Å². The Morgan fingerprint density at radius 2 is 1.72 bits per heavy atom.